The fourth-order valence-electron chi connectivity index (χ4n) is 2.77. The van der Waals surface area contributed by atoms with Crippen LogP contribution < -0.4 is 10.1 Å². The third kappa shape index (κ3) is 4.75. The van der Waals surface area contributed by atoms with Crippen LogP contribution in [-0.4, -0.2) is 11.6 Å². The Balaban J connectivity index is 1.79. The normalized spacial score (nSPS) is 11.1. The molecule has 0 saturated heterocycles. The van der Waals surface area contributed by atoms with Gasteiger partial charge in [0.15, 0.2) is 0 Å². The number of allylic oxidation sites excluding steroid dienone is 1. The van der Waals surface area contributed by atoms with Crippen LogP contribution in [-0.2, 0) is 0 Å². The van der Waals surface area contributed by atoms with Gasteiger partial charge in [-0.3, -0.25) is 0 Å². The van der Waals surface area contributed by atoms with Crippen LogP contribution in [0.25, 0.3) is 16.8 Å². The molecule has 0 fully saturated rings. The average molecular weight is 375 g/mol. The van der Waals surface area contributed by atoms with Gasteiger partial charge in [-0.1, -0.05) is 6.07 Å². The first kappa shape index (κ1) is 18.7. The lowest BCUT2D eigenvalue weighted by Gasteiger charge is -2.05. The van der Waals surface area contributed by atoms with Gasteiger partial charge in [0.1, 0.15) is 22.4 Å². The molecule has 0 radical (unpaired) electrons. The molecule has 0 unspecified atom stereocenters. The van der Waals surface area contributed by atoms with Gasteiger partial charge in [-0.2, -0.15) is 5.26 Å². The number of aryl methyl sites for hydroxylation is 2. The molecular formula is C22H21N3OS. The third-order valence-corrected chi connectivity index (χ3v) is 4.80. The standard InChI is InChI=1S/C22H21N3OS/c1-4-26-20-7-5-17(6-8-20)21-14-27-22(25-21)18(12-23)13-24-19-10-15(2)9-16(3)11-19/h5-11,13-14,24H,4H2,1-3H3. The Hall–Kier alpha value is -3.10. The van der Waals surface area contributed by atoms with Gasteiger partial charge < -0.3 is 10.1 Å². The molecule has 1 heterocycles. The Labute approximate surface area is 163 Å². The summed E-state index contributed by atoms with van der Waals surface area (Å²) in [6, 6.07) is 16.3. The summed E-state index contributed by atoms with van der Waals surface area (Å²) in [6.07, 6.45) is 1.72. The molecule has 0 spiro atoms. The van der Waals surface area contributed by atoms with Crippen molar-refractivity contribution in [3.8, 4) is 23.1 Å². The average Bonchev–Trinajstić information content (AvgIpc) is 3.12. The molecule has 3 aromatic rings. The third-order valence-electron chi connectivity index (χ3n) is 3.92. The Morgan fingerprint density at radius 1 is 1.19 bits per heavy atom. The first-order chi connectivity index (χ1) is 13.1. The molecule has 4 nitrogen and oxygen atoms in total. The van der Waals surface area contributed by atoms with Gasteiger partial charge in [0, 0.05) is 22.8 Å². The van der Waals surface area contributed by atoms with Crippen molar-refractivity contribution < 1.29 is 4.74 Å². The van der Waals surface area contributed by atoms with E-state index in [1.807, 2.05) is 48.7 Å². The Bertz CT molecular complexity index is 977. The maximum atomic E-state index is 9.53. The van der Waals surface area contributed by atoms with Crippen LogP contribution in [0, 0.1) is 25.2 Å². The first-order valence-corrected chi connectivity index (χ1v) is 9.61. The highest BCUT2D eigenvalue weighted by Crippen LogP contribution is 2.27. The van der Waals surface area contributed by atoms with Crippen LogP contribution in [0.5, 0.6) is 5.75 Å². The molecule has 0 aliphatic heterocycles. The molecule has 3 rings (SSSR count). The van der Waals surface area contributed by atoms with E-state index in [2.05, 4.69) is 36.3 Å². The number of thiazole rings is 1. The Morgan fingerprint density at radius 3 is 2.52 bits per heavy atom. The van der Waals surface area contributed by atoms with Crippen LogP contribution >= 0.6 is 11.3 Å². The van der Waals surface area contributed by atoms with Crippen molar-refractivity contribution >= 4 is 22.6 Å². The summed E-state index contributed by atoms with van der Waals surface area (Å²) >= 11 is 1.46. The number of nitrogens with one attached hydrogen (secondary N) is 1. The van der Waals surface area contributed by atoms with Crippen molar-refractivity contribution in [3.05, 3.63) is 70.2 Å². The van der Waals surface area contributed by atoms with E-state index in [9.17, 15) is 5.26 Å². The predicted octanol–water partition coefficient (Wildman–Crippen LogP) is 5.80. The predicted molar refractivity (Wildman–Crippen MR) is 112 cm³/mol. The molecule has 0 bridgehead atoms. The molecule has 0 saturated carbocycles. The highest BCUT2D eigenvalue weighted by atomic mass is 32.1. The molecule has 1 N–H and O–H groups in total. The number of nitriles is 1. The number of hydrogen-bond donors (Lipinski definition) is 1. The molecule has 0 amide bonds. The van der Waals surface area contributed by atoms with Crippen molar-refractivity contribution in [3.63, 3.8) is 0 Å². The van der Waals surface area contributed by atoms with E-state index < -0.39 is 0 Å². The summed E-state index contributed by atoms with van der Waals surface area (Å²) in [5.41, 5.74) is 5.68. The zero-order valence-electron chi connectivity index (χ0n) is 15.6. The second-order valence-electron chi connectivity index (χ2n) is 6.19. The number of nitrogens with zero attached hydrogens (tertiary/aromatic N) is 2. The molecule has 0 aliphatic rings. The van der Waals surface area contributed by atoms with E-state index in [4.69, 9.17) is 4.74 Å². The highest BCUT2D eigenvalue weighted by molar-refractivity contribution is 7.11. The van der Waals surface area contributed by atoms with Crippen LogP contribution in [0.2, 0.25) is 0 Å². The van der Waals surface area contributed by atoms with Crippen LogP contribution in [0.1, 0.15) is 23.1 Å². The van der Waals surface area contributed by atoms with Gasteiger partial charge in [0.25, 0.3) is 0 Å². The van der Waals surface area contributed by atoms with E-state index in [1.54, 1.807) is 6.20 Å². The monoisotopic (exact) mass is 375 g/mol. The van der Waals surface area contributed by atoms with Gasteiger partial charge in [0.05, 0.1) is 12.3 Å². The second-order valence-corrected chi connectivity index (χ2v) is 7.04. The van der Waals surface area contributed by atoms with E-state index >= 15 is 0 Å². The molecule has 27 heavy (non-hydrogen) atoms. The van der Waals surface area contributed by atoms with Crippen molar-refractivity contribution in [1.82, 2.24) is 4.98 Å². The quantitative estimate of drug-likeness (QED) is 0.553. The topological polar surface area (TPSA) is 57.9 Å². The van der Waals surface area contributed by atoms with E-state index in [0.29, 0.717) is 17.2 Å². The minimum atomic E-state index is 0.511. The Morgan fingerprint density at radius 2 is 1.89 bits per heavy atom. The highest BCUT2D eigenvalue weighted by Gasteiger charge is 2.09. The summed E-state index contributed by atoms with van der Waals surface area (Å²) in [5, 5.41) is 15.4. The molecule has 1 aromatic heterocycles. The zero-order chi connectivity index (χ0) is 19.2. The summed E-state index contributed by atoms with van der Waals surface area (Å²) in [4.78, 5) is 4.62. The number of anilines is 1. The van der Waals surface area contributed by atoms with Gasteiger partial charge >= 0.3 is 0 Å². The number of aromatic nitrogens is 1. The fourth-order valence-corrected chi connectivity index (χ4v) is 3.57. The van der Waals surface area contributed by atoms with Crippen LogP contribution in [0.15, 0.2) is 54.0 Å². The minimum absolute atomic E-state index is 0.511. The Kier molecular flexibility index (Phi) is 5.90. The lowest BCUT2D eigenvalue weighted by atomic mass is 10.1. The molecule has 5 heteroatoms. The second kappa shape index (κ2) is 8.52. The zero-order valence-corrected chi connectivity index (χ0v) is 16.4. The summed E-state index contributed by atoms with van der Waals surface area (Å²) in [5.74, 6) is 0.840. The van der Waals surface area contributed by atoms with E-state index in [0.717, 1.165) is 22.7 Å². The van der Waals surface area contributed by atoms with Gasteiger partial charge in [-0.25, -0.2) is 4.98 Å². The van der Waals surface area contributed by atoms with Crippen molar-refractivity contribution in [1.29, 1.82) is 5.26 Å². The summed E-state index contributed by atoms with van der Waals surface area (Å²) < 4.78 is 5.47. The molecule has 2 aromatic carbocycles. The SMILES string of the molecule is CCOc1ccc(-c2csc(C(C#N)=CNc3cc(C)cc(C)c3)n2)cc1. The number of benzene rings is 2. The smallest absolute Gasteiger partial charge is 0.136 e. The molecule has 0 atom stereocenters. The van der Waals surface area contributed by atoms with Gasteiger partial charge in [-0.05, 0) is 68.3 Å². The maximum absolute atomic E-state index is 9.53. The molecular weight excluding hydrogens is 354 g/mol. The van der Waals surface area contributed by atoms with Crippen LogP contribution in [0.3, 0.4) is 0 Å². The first-order valence-electron chi connectivity index (χ1n) is 8.73. The lowest BCUT2D eigenvalue weighted by Crippen LogP contribution is -1.92. The van der Waals surface area contributed by atoms with Gasteiger partial charge in [0.2, 0.25) is 0 Å². The fraction of sp³-hybridized carbons (Fsp3) is 0.182. The molecule has 136 valence electrons. The van der Waals surface area contributed by atoms with E-state index in [-0.39, 0.29) is 0 Å². The lowest BCUT2D eigenvalue weighted by molar-refractivity contribution is 0.340. The number of ether oxygens (including phenoxy) is 1. The molecule has 0 aliphatic carbocycles. The van der Waals surface area contributed by atoms with E-state index in [1.165, 1.54) is 22.5 Å². The summed E-state index contributed by atoms with van der Waals surface area (Å²) in [6.45, 7) is 6.71. The summed E-state index contributed by atoms with van der Waals surface area (Å²) in [7, 11) is 0. The van der Waals surface area contributed by atoms with Crippen molar-refractivity contribution in [2.75, 3.05) is 11.9 Å². The number of rotatable bonds is 6. The maximum Gasteiger partial charge on any atom is 0.136 e. The van der Waals surface area contributed by atoms with Crippen LogP contribution in [0.4, 0.5) is 5.69 Å². The van der Waals surface area contributed by atoms with Crippen molar-refractivity contribution in [2.24, 2.45) is 0 Å². The van der Waals surface area contributed by atoms with Gasteiger partial charge in [-0.15, -0.1) is 11.3 Å². The largest absolute Gasteiger partial charge is 0.494 e. The number of hydrogen-bond acceptors (Lipinski definition) is 5. The minimum Gasteiger partial charge on any atom is -0.494 e. The van der Waals surface area contributed by atoms with Crippen molar-refractivity contribution in [2.45, 2.75) is 20.8 Å².